The summed E-state index contributed by atoms with van der Waals surface area (Å²) < 4.78 is 13.1. The van der Waals surface area contributed by atoms with E-state index < -0.39 is 0 Å². The lowest BCUT2D eigenvalue weighted by atomic mass is 10.1. The summed E-state index contributed by atoms with van der Waals surface area (Å²) in [5, 5.41) is 3.44. The second kappa shape index (κ2) is 5.63. The molecule has 0 aliphatic rings. The van der Waals surface area contributed by atoms with Crippen molar-refractivity contribution >= 4 is 11.3 Å². The first-order valence-electron chi connectivity index (χ1n) is 6.11. The third-order valence-corrected chi connectivity index (χ3v) is 4.03. The number of nitrogens with one attached hydrogen (secondary N) is 1. The molecule has 1 nitrogen and oxygen atoms in total. The number of thiophene rings is 1. The summed E-state index contributed by atoms with van der Waals surface area (Å²) in [7, 11) is 0. The Morgan fingerprint density at radius 1 is 1.28 bits per heavy atom. The molecule has 0 amide bonds. The summed E-state index contributed by atoms with van der Waals surface area (Å²) in [6, 6.07) is 9.25. The highest BCUT2D eigenvalue weighted by Gasteiger charge is 2.10. The van der Waals surface area contributed by atoms with Crippen molar-refractivity contribution in [1.82, 2.24) is 5.32 Å². The monoisotopic (exact) mass is 263 g/mol. The van der Waals surface area contributed by atoms with Crippen LogP contribution >= 0.6 is 11.3 Å². The Morgan fingerprint density at radius 3 is 2.67 bits per heavy atom. The van der Waals surface area contributed by atoms with Crippen molar-refractivity contribution in [3.63, 3.8) is 0 Å². The van der Waals surface area contributed by atoms with Crippen molar-refractivity contribution in [2.45, 2.75) is 33.4 Å². The van der Waals surface area contributed by atoms with Crippen LogP contribution in [0.2, 0.25) is 0 Å². The number of halogens is 1. The first-order chi connectivity index (χ1) is 8.56. The Labute approximate surface area is 112 Å². The summed E-state index contributed by atoms with van der Waals surface area (Å²) >= 11 is 1.82. The van der Waals surface area contributed by atoms with E-state index in [0.29, 0.717) is 12.6 Å². The Balaban J connectivity index is 2.00. The number of aryl methyl sites for hydroxylation is 2. The van der Waals surface area contributed by atoms with E-state index in [-0.39, 0.29) is 5.82 Å². The molecule has 2 rings (SSSR count). The highest BCUT2D eigenvalue weighted by atomic mass is 32.1. The third kappa shape index (κ3) is 3.18. The zero-order valence-corrected chi connectivity index (χ0v) is 11.8. The van der Waals surface area contributed by atoms with Gasteiger partial charge in [0.2, 0.25) is 0 Å². The largest absolute Gasteiger partial charge is 0.306 e. The zero-order valence-electron chi connectivity index (χ0n) is 11.0. The highest BCUT2D eigenvalue weighted by molar-refractivity contribution is 7.12. The van der Waals surface area contributed by atoms with Crippen molar-refractivity contribution in [2.75, 3.05) is 0 Å². The molecule has 0 spiro atoms. The quantitative estimate of drug-likeness (QED) is 0.864. The van der Waals surface area contributed by atoms with E-state index in [1.54, 1.807) is 12.1 Å². The fourth-order valence-corrected chi connectivity index (χ4v) is 3.13. The minimum absolute atomic E-state index is 0.176. The topological polar surface area (TPSA) is 12.0 Å². The van der Waals surface area contributed by atoms with E-state index in [0.717, 1.165) is 5.56 Å². The first-order valence-corrected chi connectivity index (χ1v) is 6.92. The van der Waals surface area contributed by atoms with Crippen LogP contribution in [-0.2, 0) is 6.54 Å². The summed E-state index contributed by atoms with van der Waals surface area (Å²) in [5.74, 6) is -0.176. The summed E-state index contributed by atoms with van der Waals surface area (Å²) in [6.07, 6.45) is 0. The van der Waals surface area contributed by atoms with Gasteiger partial charge in [0, 0.05) is 22.3 Å². The van der Waals surface area contributed by atoms with E-state index in [9.17, 15) is 4.39 Å². The molecule has 0 saturated heterocycles. The molecule has 0 bridgehead atoms. The van der Waals surface area contributed by atoms with Crippen LogP contribution in [0.5, 0.6) is 0 Å². The van der Waals surface area contributed by atoms with Gasteiger partial charge in [0.15, 0.2) is 0 Å². The van der Waals surface area contributed by atoms with Gasteiger partial charge < -0.3 is 5.32 Å². The normalized spacial score (nSPS) is 12.7. The van der Waals surface area contributed by atoms with Crippen molar-refractivity contribution in [3.05, 3.63) is 57.0 Å². The summed E-state index contributed by atoms with van der Waals surface area (Å²) in [5.41, 5.74) is 2.32. The van der Waals surface area contributed by atoms with Crippen LogP contribution in [0.1, 0.15) is 33.8 Å². The predicted octanol–water partition coefficient (Wildman–Crippen LogP) is 4.35. The smallest absolute Gasteiger partial charge is 0.123 e. The molecule has 1 N–H and O–H groups in total. The first kappa shape index (κ1) is 13.2. The molecule has 0 aliphatic carbocycles. The predicted molar refractivity (Wildman–Crippen MR) is 75.4 cm³/mol. The molecule has 3 heteroatoms. The molecular weight excluding hydrogens is 245 g/mol. The molecule has 2 aromatic rings. The van der Waals surface area contributed by atoms with Gasteiger partial charge in [0.1, 0.15) is 5.82 Å². The molecule has 0 radical (unpaired) electrons. The fourth-order valence-electron chi connectivity index (χ4n) is 2.11. The molecule has 18 heavy (non-hydrogen) atoms. The van der Waals surface area contributed by atoms with Gasteiger partial charge in [-0.25, -0.2) is 4.39 Å². The van der Waals surface area contributed by atoms with Crippen molar-refractivity contribution < 1.29 is 4.39 Å². The minimum atomic E-state index is -0.176. The van der Waals surface area contributed by atoms with Crippen LogP contribution in [0.3, 0.4) is 0 Å². The lowest BCUT2D eigenvalue weighted by molar-refractivity contribution is 0.568. The van der Waals surface area contributed by atoms with Gasteiger partial charge >= 0.3 is 0 Å². The molecule has 1 heterocycles. The number of hydrogen-bond donors (Lipinski definition) is 1. The Morgan fingerprint density at radius 2 is 2.06 bits per heavy atom. The zero-order chi connectivity index (χ0) is 13.1. The van der Waals surface area contributed by atoms with E-state index in [1.165, 1.54) is 21.4 Å². The fraction of sp³-hybridized carbons (Fsp3) is 0.333. The van der Waals surface area contributed by atoms with Gasteiger partial charge in [-0.05, 0) is 50.1 Å². The third-order valence-electron chi connectivity index (χ3n) is 3.05. The number of hydrogen-bond acceptors (Lipinski definition) is 2. The van der Waals surface area contributed by atoms with Crippen LogP contribution in [0, 0.1) is 19.7 Å². The SMILES string of the molecule is Cc1cc(C(C)NCc2cccc(F)c2)c(C)s1. The van der Waals surface area contributed by atoms with Gasteiger partial charge in [0.25, 0.3) is 0 Å². The molecule has 96 valence electrons. The van der Waals surface area contributed by atoms with Gasteiger partial charge in [0.05, 0.1) is 0 Å². The second-order valence-corrected chi connectivity index (χ2v) is 6.06. The molecule has 0 aliphatic heterocycles. The van der Waals surface area contributed by atoms with Gasteiger partial charge in [-0.1, -0.05) is 12.1 Å². The van der Waals surface area contributed by atoms with E-state index in [1.807, 2.05) is 17.4 Å². The van der Waals surface area contributed by atoms with Crippen LogP contribution in [-0.4, -0.2) is 0 Å². The maximum absolute atomic E-state index is 13.1. The second-order valence-electron chi connectivity index (χ2n) is 4.60. The Kier molecular flexibility index (Phi) is 4.15. The molecule has 1 aromatic carbocycles. The van der Waals surface area contributed by atoms with Crippen molar-refractivity contribution in [1.29, 1.82) is 0 Å². The molecule has 1 unspecified atom stereocenters. The Hall–Kier alpha value is -1.19. The molecule has 0 saturated carbocycles. The number of rotatable bonds is 4. The molecular formula is C15H18FNS. The molecule has 1 atom stereocenters. The number of benzene rings is 1. The van der Waals surface area contributed by atoms with Crippen molar-refractivity contribution in [2.24, 2.45) is 0 Å². The van der Waals surface area contributed by atoms with Crippen molar-refractivity contribution in [3.8, 4) is 0 Å². The summed E-state index contributed by atoms with van der Waals surface area (Å²) in [6.45, 7) is 7.11. The lowest BCUT2D eigenvalue weighted by Gasteiger charge is -2.14. The van der Waals surface area contributed by atoms with Gasteiger partial charge in [-0.2, -0.15) is 0 Å². The average molecular weight is 263 g/mol. The molecule has 1 aromatic heterocycles. The van der Waals surface area contributed by atoms with Gasteiger partial charge in [-0.3, -0.25) is 0 Å². The van der Waals surface area contributed by atoms with E-state index in [4.69, 9.17) is 0 Å². The van der Waals surface area contributed by atoms with Crippen LogP contribution in [0.25, 0.3) is 0 Å². The standard InChI is InChI=1S/C15H18FNS/c1-10-7-15(12(3)18-10)11(2)17-9-13-5-4-6-14(16)8-13/h4-8,11,17H,9H2,1-3H3. The van der Waals surface area contributed by atoms with Crippen LogP contribution in [0.15, 0.2) is 30.3 Å². The maximum atomic E-state index is 13.1. The van der Waals surface area contributed by atoms with Gasteiger partial charge in [-0.15, -0.1) is 11.3 Å². The lowest BCUT2D eigenvalue weighted by Crippen LogP contribution is -2.18. The van der Waals surface area contributed by atoms with E-state index >= 15 is 0 Å². The molecule has 0 fully saturated rings. The van der Waals surface area contributed by atoms with E-state index in [2.05, 4.69) is 32.2 Å². The van der Waals surface area contributed by atoms with Crippen LogP contribution < -0.4 is 5.32 Å². The summed E-state index contributed by atoms with van der Waals surface area (Å²) in [4.78, 5) is 2.69. The van der Waals surface area contributed by atoms with Crippen LogP contribution in [0.4, 0.5) is 4.39 Å². The minimum Gasteiger partial charge on any atom is -0.306 e. The highest BCUT2D eigenvalue weighted by Crippen LogP contribution is 2.26. The maximum Gasteiger partial charge on any atom is 0.123 e. The Bertz CT molecular complexity index is 533. The average Bonchev–Trinajstić information content (AvgIpc) is 2.66.